The van der Waals surface area contributed by atoms with E-state index in [2.05, 4.69) is 15.3 Å². The predicted molar refractivity (Wildman–Crippen MR) is 91.3 cm³/mol. The molecule has 1 atom stereocenters. The summed E-state index contributed by atoms with van der Waals surface area (Å²) in [5.41, 5.74) is -0.276. The molecule has 1 aliphatic carbocycles. The smallest absolute Gasteiger partial charge is 0.330 e. The number of rotatable bonds is 5. The van der Waals surface area contributed by atoms with Gasteiger partial charge in [0.25, 0.3) is 11.5 Å². The number of aromatic amines is 1. The van der Waals surface area contributed by atoms with Crippen LogP contribution in [-0.2, 0) is 0 Å². The van der Waals surface area contributed by atoms with Crippen molar-refractivity contribution in [3.8, 4) is 0 Å². The molecule has 1 amide bonds. The van der Waals surface area contributed by atoms with Gasteiger partial charge < -0.3 is 5.32 Å². The molecule has 24 heavy (non-hydrogen) atoms. The highest BCUT2D eigenvalue weighted by atomic mass is 16.2. The van der Waals surface area contributed by atoms with E-state index in [-0.39, 0.29) is 23.4 Å². The van der Waals surface area contributed by atoms with Crippen LogP contribution in [0.3, 0.4) is 0 Å². The van der Waals surface area contributed by atoms with Crippen LogP contribution in [0.2, 0.25) is 0 Å². The number of aromatic nitrogens is 3. The van der Waals surface area contributed by atoms with Gasteiger partial charge >= 0.3 is 5.69 Å². The van der Waals surface area contributed by atoms with Crippen LogP contribution in [-0.4, -0.2) is 26.5 Å². The molecule has 3 rings (SSSR count). The van der Waals surface area contributed by atoms with Crippen LogP contribution in [0, 0.1) is 5.92 Å². The summed E-state index contributed by atoms with van der Waals surface area (Å²) in [5, 5.41) is 3.24. The Balaban J connectivity index is 2.01. The minimum atomic E-state index is -0.509. The zero-order valence-electron chi connectivity index (χ0n) is 14.1. The number of pyridine rings is 1. The number of amides is 1. The molecule has 0 radical (unpaired) electrons. The van der Waals surface area contributed by atoms with E-state index in [1.807, 2.05) is 20.8 Å². The second-order valence-corrected chi connectivity index (χ2v) is 6.69. The molecule has 2 aromatic rings. The number of hydrogen-bond acceptors (Lipinski definition) is 4. The maximum atomic E-state index is 12.4. The summed E-state index contributed by atoms with van der Waals surface area (Å²) in [6.45, 7) is 6.11. The van der Waals surface area contributed by atoms with Crippen LogP contribution < -0.4 is 16.6 Å². The molecule has 128 valence electrons. The van der Waals surface area contributed by atoms with Gasteiger partial charge in [-0.3, -0.25) is 19.1 Å². The fourth-order valence-corrected chi connectivity index (χ4v) is 2.92. The number of hydrogen-bond donors (Lipinski definition) is 2. The molecule has 2 heterocycles. The molecule has 0 aliphatic heterocycles. The van der Waals surface area contributed by atoms with Crippen molar-refractivity contribution in [2.75, 3.05) is 0 Å². The Kier molecular flexibility index (Phi) is 4.26. The summed E-state index contributed by atoms with van der Waals surface area (Å²) in [7, 11) is 0. The lowest BCUT2D eigenvalue weighted by Crippen LogP contribution is -2.38. The van der Waals surface area contributed by atoms with Crippen molar-refractivity contribution in [1.82, 2.24) is 19.9 Å². The molecule has 1 fully saturated rings. The fourth-order valence-electron chi connectivity index (χ4n) is 2.92. The van der Waals surface area contributed by atoms with Crippen molar-refractivity contribution in [2.24, 2.45) is 5.92 Å². The summed E-state index contributed by atoms with van der Waals surface area (Å²) in [4.78, 5) is 43.1. The summed E-state index contributed by atoms with van der Waals surface area (Å²) < 4.78 is 1.52. The molecule has 7 heteroatoms. The number of nitrogens with zero attached hydrogens (tertiary/aromatic N) is 2. The zero-order chi connectivity index (χ0) is 17.4. The van der Waals surface area contributed by atoms with E-state index < -0.39 is 11.2 Å². The first kappa shape index (κ1) is 16.4. The third-order valence-corrected chi connectivity index (χ3v) is 4.51. The van der Waals surface area contributed by atoms with Gasteiger partial charge in [-0.15, -0.1) is 0 Å². The molecule has 0 bridgehead atoms. The lowest BCUT2D eigenvalue weighted by molar-refractivity contribution is 0.0924. The van der Waals surface area contributed by atoms with Crippen molar-refractivity contribution < 1.29 is 4.79 Å². The first-order valence-electron chi connectivity index (χ1n) is 8.37. The van der Waals surface area contributed by atoms with Gasteiger partial charge in [-0.25, -0.2) is 9.78 Å². The maximum absolute atomic E-state index is 12.4. The summed E-state index contributed by atoms with van der Waals surface area (Å²) in [6.07, 6.45) is 4.06. The zero-order valence-corrected chi connectivity index (χ0v) is 14.1. The van der Waals surface area contributed by atoms with E-state index in [0.29, 0.717) is 17.1 Å². The van der Waals surface area contributed by atoms with Crippen LogP contribution in [0.25, 0.3) is 11.0 Å². The Hall–Kier alpha value is -2.44. The van der Waals surface area contributed by atoms with Crippen LogP contribution in [0.15, 0.2) is 21.9 Å². The normalized spacial score (nSPS) is 15.7. The first-order chi connectivity index (χ1) is 11.4. The van der Waals surface area contributed by atoms with Crippen molar-refractivity contribution >= 4 is 16.9 Å². The number of fused-ring (bicyclic) bond motifs is 1. The Morgan fingerprint density at radius 1 is 1.42 bits per heavy atom. The number of H-pyrrole nitrogens is 1. The molecular weight excluding hydrogens is 308 g/mol. The predicted octanol–water partition coefficient (Wildman–Crippen LogP) is 1.58. The Bertz CT molecular complexity index is 893. The van der Waals surface area contributed by atoms with Crippen molar-refractivity contribution in [1.29, 1.82) is 0 Å². The van der Waals surface area contributed by atoms with Crippen molar-refractivity contribution in [2.45, 2.75) is 52.1 Å². The fraction of sp³-hybridized carbons (Fsp3) is 0.529. The molecule has 0 saturated heterocycles. The van der Waals surface area contributed by atoms with Gasteiger partial charge in [-0.1, -0.05) is 20.8 Å². The van der Waals surface area contributed by atoms with Crippen LogP contribution >= 0.6 is 0 Å². The summed E-state index contributed by atoms with van der Waals surface area (Å²) >= 11 is 0. The molecule has 7 nitrogen and oxygen atoms in total. The second-order valence-electron chi connectivity index (χ2n) is 6.69. The highest BCUT2D eigenvalue weighted by molar-refractivity contribution is 5.96. The average Bonchev–Trinajstić information content (AvgIpc) is 3.36. The molecule has 0 aromatic carbocycles. The van der Waals surface area contributed by atoms with E-state index in [1.165, 1.54) is 16.8 Å². The molecule has 1 saturated carbocycles. The lowest BCUT2D eigenvalue weighted by atomic mass is 10.0. The van der Waals surface area contributed by atoms with Crippen molar-refractivity contribution in [3.05, 3.63) is 38.7 Å². The minimum absolute atomic E-state index is 0.0619. The van der Waals surface area contributed by atoms with Crippen LogP contribution in [0.4, 0.5) is 0 Å². The Labute approximate surface area is 139 Å². The van der Waals surface area contributed by atoms with E-state index in [0.717, 1.165) is 19.3 Å². The van der Waals surface area contributed by atoms with Gasteiger partial charge in [0.2, 0.25) is 0 Å². The van der Waals surface area contributed by atoms with E-state index in [4.69, 9.17) is 0 Å². The molecule has 1 aliphatic rings. The molecular formula is C17H22N4O3. The number of carbonyl (C=O) groups is 1. The molecule has 0 unspecified atom stereocenters. The quantitative estimate of drug-likeness (QED) is 0.870. The number of carbonyl (C=O) groups excluding carboxylic acids is 1. The third kappa shape index (κ3) is 2.98. The highest BCUT2D eigenvalue weighted by Gasteiger charge is 2.28. The van der Waals surface area contributed by atoms with Gasteiger partial charge in [0.1, 0.15) is 5.65 Å². The number of nitrogens with one attached hydrogen (secondary N) is 2. The molecule has 2 N–H and O–H groups in total. The Morgan fingerprint density at radius 3 is 2.71 bits per heavy atom. The lowest BCUT2D eigenvalue weighted by Gasteiger charge is -2.20. The second kappa shape index (κ2) is 6.22. The standard InChI is InChI=1S/C17H22N4O3/c1-4-13(9(2)3)19-15(22)10-7-12-14(18-8-10)21(11-5-6-11)17(24)20-16(12)23/h7-9,11,13H,4-6H2,1-3H3,(H,19,22)(H,20,23,24)/t13-/m1/s1. The van der Waals surface area contributed by atoms with E-state index in [1.54, 1.807) is 0 Å². The SMILES string of the molecule is CC[C@@H](NC(=O)c1cnc2c(c1)c(=O)[nH]c(=O)n2C1CC1)C(C)C. The van der Waals surface area contributed by atoms with E-state index >= 15 is 0 Å². The first-order valence-corrected chi connectivity index (χ1v) is 8.37. The Morgan fingerprint density at radius 2 is 2.12 bits per heavy atom. The van der Waals surface area contributed by atoms with Gasteiger partial charge in [-0.2, -0.15) is 0 Å². The largest absolute Gasteiger partial charge is 0.349 e. The van der Waals surface area contributed by atoms with Crippen LogP contribution in [0.1, 0.15) is 56.4 Å². The monoisotopic (exact) mass is 330 g/mol. The molecule has 2 aromatic heterocycles. The topological polar surface area (TPSA) is 96.8 Å². The third-order valence-electron chi connectivity index (χ3n) is 4.51. The van der Waals surface area contributed by atoms with Gasteiger partial charge in [-0.05, 0) is 31.2 Å². The average molecular weight is 330 g/mol. The van der Waals surface area contributed by atoms with Crippen molar-refractivity contribution in [3.63, 3.8) is 0 Å². The van der Waals surface area contributed by atoms with Gasteiger partial charge in [0.15, 0.2) is 0 Å². The van der Waals surface area contributed by atoms with Crippen LogP contribution in [0.5, 0.6) is 0 Å². The summed E-state index contributed by atoms with van der Waals surface area (Å²) in [6, 6.07) is 1.67. The highest BCUT2D eigenvalue weighted by Crippen LogP contribution is 2.34. The van der Waals surface area contributed by atoms with Gasteiger partial charge in [0.05, 0.1) is 10.9 Å². The maximum Gasteiger partial charge on any atom is 0.330 e. The summed E-state index contributed by atoms with van der Waals surface area (Å²) in [5.74, 6) is 0.0596. The van der Waals surface area contributed by atoms with Gasteiger partial charge in [0, 0.05) is 18.3 Å². The molecule has 0 spiro atoms. The minimum Gasteiger partial charge on any atom is -0.349 e. The van der Waals surface area contributed by atoms with E-state index in [9.17, 15) is 14.4 Å².